The zero-order chi connectivity index (χ0) is 15.0. The molecule has 21 heavy (non-hydrogen) atoms. The van der Waals surface area contributed by atoms with Gasteiger partial charge in [0.25, 0.3) is 0 Å². The molecule has 0 spiro atoms. The molecule has 5 nitrogen and oxygen atoms in total. The third-order valence-corrected chi connectivity index (χ3v) is 4.65. The van der Waals surface area contributed by atoms with Gasteiger partial charge in [0, 0.05) is 25.2 Å². The minimum Gasteiger partial charge on any atom is -0.463 e. The molecule has 0 N–H and O–H groups in total. The van der Waals surface area contributed by atoms with Gasteiger partial charge in [0.1, 0.15) is 22.0 Å². The van der Waals surface area contributed by atoms with Crippen LogP contribution < -0.4 is 0 Å². The molecule has 1 saturated carbocycles. The van der Waals surface area contributed by atoms with Gasteiger partial charge >= 0.3 is 5.97 Å². The Bertz CT molecular complexity index is 675. The summed E-state index contributed by atoms with van der Waals surface area (Å²) >= 11 is 3.54. The second kappa shape index (κ2) is 5.75. The molecule has 0 aliphatic heterocycles. The lowest BCUT2D eigenvalue weighted by Gasteiger charge is -2.27. The number of esters is 1. The van der Waals surface area contributed by atoms with Crippen molar-refractivity contribution in [1.82, 2.24) is 14.4 Å². The van der Waals surface area contributed by atoms with Crippen molar-refractivity contribution in [3.8, 4) is 0 Å². The number of imidazole rings is 1. The third kappa shape index (κ3) is 2.81. The number of fused-ring (bicyclic) bond motifs is 1. The molecule has 2 aromatic heterocycles. The smallest absolute Gasteiger partial charge is 0.302 e. The second-order valence-corrected chi connectivity index (χ2v) is 6.33. The lowest BCUT2D eigenvalue weighted by Crippen LogP contribution is -2.23. The molecule has 112 valence electrons. The SMILES string of the molecule is CC(=O)O[C@H]1CC[C@H](c2nc(Br)c3c(C)nccn32)CC1. The van der Waals surface area contributed by atoms with E-state index in [0.717, 1.165) is 47.3 Å². The molecule has 0 amide bonds. The number of carbonyl (C=O) groups excluding carboxylic acids is 1. The number of hydrogen-bond donors (Lipinski definition) is 0. The van der Waals surface area contributed by atoms with Gasteiger partial charge in [-0.3, -0.25) is 14.2 Å². The molecule has 0 radical (unpaired) electrons. The molecule has 3 rings (SSSR count). The minimum atomic E-state index is -0.186. The molecule has 0 atom stereocenters. The fraction of sp³-hybridized carbons (Fsp3) is 0.533. The molecule has 6 heteroatoms. The summed E-state index contributed by atoms with van der Waals surface area (Å²) in [5.41, 5.74) is 2.01. The molecular formula is C15H18BrN3O2. The normalized spacial score (nSPS) is 22.4. The van der Waals surface area contributed by atoms with Crippen LogP contribution in [0, 0.1) is 6.92 Å². The number of aryl methyl sites for hydroxylation is 1. The predicted molar refractivity (Wildman–Crippen MR) is 82.2 cm³/mol. The summed E-state index contributed by atoms with van der Waals surface area (Å²) in [7, 11) is 0. The van der Waals surface area contributed by atoms with E-state index >= 15 is 0 Å². The quantitative estimate of drug-likeness (QED) is 0.778. The van der Waals surface area contributed by atoms with Crippen LogP contribution in [0.2, 0.25) is 0 Å². The van der Waals surface area contributed by atoms with Crippen molar-refractivity contribution in [2.24, 2.45) is 0 Å². The van der Waals surface area contributed by atoms with Crippen molar-refractivity contribution >= 4 is 27.4 Å². The Hall–Kier alpha value is -1.43. The third-order valence-electron chi connectivity index (χ3n) is 4.09. The van der Waals surface area contributed by atoms with Gasteiger partial charge < -0.3 is 4.74 Å². The first-order valence-electron chi connectivity index (χ1n) is 7.22. The van der Waals surface area contributed by atoms with Crippen molar-refractivity contribution in [3.63, 3.8) is 0 Å². The van der Waals surface area contributed by atoms with E-state index in [2.05, 4.69) is 25.3 Å². The van der Waals surface area contributed by atoms with Crippen LogP contribution in [-0.2, 0) is 9.53 Å². The van der Waals surface area contributed by atoms with Crippen LogP contribution in [0.3, 0.4) is 0 Å². The van der Waals surface area contributed by atoms with Crippen LogP contribution in [0.1, 0.15) is 50.0 Å². The van der Waals surface area contributed by atoms with Crippen LogP contribution in [0.25, 0.3) is 5.52 Å². The Morgan fingerprint density at radius 2 is 2.10 bits per heavy atom. The van der Waals surface area contributed by atoms with Crippen molar-refractivity contribution in [2.75, 3.05) is 0 Å². The maximum absolute atomic E-state index is 11.0. The Morgan fingerprint density at radius 3 is 2.76 bits per heavy atom. The minimum absolute atomic E-state index is 0.0665. The van der Waals surface area contributed by atoms with Crippen LogP contribution in [0.15, 0.2) is 17.0 Å². The van der Waals surface area contributed by atoms with Gasteiger partial charge in [-0.15, -0.1) is 0 Å². The van der Waals surface area contributed by atoms with E-state index in [-0.39, 0.29) is 12.1 Å². The van der Waals surface area contributed by atoms with Gasteiger partial charge in [-0.25, -0.2) is 4.98 Å². The molecule has 0 aromatic carbocycles. The number of rotatable bonds is 2. The van der Waals surface area contributed by atoms with E-state index in [1.807, 2.05) is 19.3 Å². The molecule has 1 aliphatic rings. The highest BCUT2D eigenvalue weighted by atomic mass is 79.9. The largest absolute Gasteiger partial charge is 0.463 e. The summed E-state index contributed by atoms with van der Waals surface area (Å²) in [6.45, 7) is 3.46. The first-order valence-corrected chi connectivity index (χ1v) is 8.02. The van der Waals surface area contributed by atoms with Crippen molar-refractivity contribution in [3.05, 3.63) is 28.5 Å². The maximum atomic E-state index is 11.0. The first kappa shape index (κ1) is 14.5. The zero-order valence-electron chi connectivity index (χ0n) is 12.2. The predicted octanol–water partition coefficient (Wildman–Crippen LogP) is 3.39. The van der Waals surface area contributed by atoms with Crippen LogP contribution in [0.4, 0.5) is 0 Å². The summed E-state index contributed by atoms with van der Waals surface area (Å²) in [5, 5.41) is 0. The molecule has 2 heterocycles. The van der Waals surface area contributed by atoms with Crippen molar-refractivity contribution in [2.45, 2.75) is 51.6 Å². The van der Waals surface area contributed by atoms with Crippen molar-refractivity contribution < 1.29 is 9.53 Å². The van der Waals surface area contributed by atoms with E-state index in [9.17, 15) is 4.79 Å². The fourth-order valence-corrected chi connectivity index (χ4v) is 3.79. The fourth-order valence-electron chi connectivity index (χ4n) is 3.13. The van der Waals surface area contributed by atoms with E-state index in [1.54, 1.807) is 0 Å². The monoisotopic (exact) mass is 351 g/mol. The molecule has 0 saturated heterocycles. The summed E-state index contributed by atoms with van der Waals surface area (Å²) in [4.78, 5) is 20.0. The van der Waals surface area contributed by atoms with Crippen LogP contribution >= 0.6 is 15.9 Å². The molecular weight excluding hydrogens is 334 g/mol. The number of aromatic nitrogens is 3. The Morgan fingerprint density at radius 1 is 1.38 bits per heavy atom. The highest BCUT2D eigenvalue weighted by molar-refractivity contribution is 9.10. The van der Waals surface area contributed by atoms with E-state index in [0.29, 0.717) is 5.92 Å². The summed E-state index contributed by atoms with van der Waals surface area (Å²) in [6.07, 6.45) is 7.63. The van der Waals surface area contributed by atoms with Crippen molar-refractivity contribution in [1.29, 1.82) is 0 Å². The highest BCUT2D eigenvalue weighted by Crippen LogP contribution is 2.35. The number of halogens is 1. The average molecular weight is 352 g/mol. The Kier molecular flexibility index (Phi) is 3.97. The van der Waals surface area contributed by atoms with E-state index < -0.39 is 0 Å². The number of carbonyl (C=O) groups is 1. The van der Waals surface area contributed by atoms with Gasteiger partial charge in [-0.05, 0) is 48.5 Å². The zero-order valence-corrected chi connectivity index (χ0v) is 13.8. The standard InChI is InChI=1S/C15H18BrN3O2/c1-9-13-14(16)18-15(19(13)8-7-17-9)11-3-5-12(6-4-11)21-10(2)20/h7-8,11-12H,3-6H2,1-2H3/t11-,12-. The summed E-state index contributed by atoms with van der Waals surface area (Å²) in [6, 6.07) is 0. The topological polar surface area (TPSA) is 56.5 Å². The Balaban J connectivity index is 1.83. The van der Waals surface area contributed by atoms with Gasteiger partial charge in [0.2, 0.25) is 0 Å². The lowest BCUT2D eigenvalue weighted by atomic mass is 9.87. The van der Waals surface area contributed by atoms with E-state index in [1.165, 1.54) is 6.92 Å². The number of hydrogen-bond acceptors (Lipinski definition) is 4. The average Bonchev–Trinajstić information content (AvgIpc) is 2.78. The Labute approximate surface area is 131 Å². The molecule has 0 bridgehead atoms. The highest BCUT2D eigenvalue weighted by Gasteiger charge is 2.27. The van der Waals surface area contributed by atoms with Crippen LogP contribution in [0.5, 0.6) is 0 Å². The number of ether oxygens (including phenoxy) is 1. The van der Waals surface area contributed by atoms with Gasteiger partial charge in [0.05, 0.1) is 5.69 Å². The van der Waals surface area contributed by atoms with Gasteiger partial charge in [-0.2, -0.15) is 0 Å². The molecule has 0 unspecified atom stereocenters. The molecule has 1 fully saturated rings. The maximum Gasteiger partial charge on any atom is 0.302 e. The van der Waals surface area contributed by atoms with E-state index in [4.69, 9.17) is 9.72 Å². The van der Waals surface area contributed by atoms with Gasteiger partial charge in [-0.1, -0.05) is 0 Å². The lowest BCUT2D eigenvalue weighted by molar-refractivity contribution is -0.147. The van der Waals surface area contributed by atoms with Crippen LogP contribution in [-0.4, -0.2) is 26.4 Å². The summed E-state index contributed by atoms with van der Waals surface area (Å²) in [5.74, 6) is 1.29. The summed E-state index contributed by atoms with van der Waals surface area (Å²) < 4.78 is 8.28. The molecule has 1 aliphatic carbocycles. The van der Waals surface area contributed by atoms with Gasteiger partial charge in [0.15, 0.2) is 0 Å². The second-order valence-electron chi connectivity index (χ2n) is 5.58. The molecule has 2 aromatic rings. The first-order chi connectivity index (χ1) is 10.1. The number of nitrogens with zero attached hydrogens (tertiary/aromatic N) is 3.